The minimum Gasteiger partial charge on any atom is -0.497 e. The lowest BCUT2D eigenvalue weighted by atomic mass is 10.1. The Morgan fingerprint density at radius 1 is 0.410 bits per heavy atom. The van der Waals surface area contributed by atoms with E-state index in [0.717, 1.165) is 182 Å². The van der Waals surface area contributed by atoms with Gasteiger partial charge in [-0.2, -0.15) is 20.4 Å². The molecule has 0 fully saturated rings. The molecular weight excluding hydrogens is 1810 g/mol. The van der Waals surface area contributed by atoms with E-state index in [0.29, 0.717) is 71.6 Å². The van der Waals surface area contributed by atoms with Crippen molar-refractivity contribution in [1.29, 1.82) is 0 Å². The lowest BCUT2D eigenvalue weighted by Crippen LogP contribution is -2.32. The standard InChI is InChI=1S/C29H26N6O2.C29H25N5O3.C26H32N6O3.C25H25N5O2.3CH4/c1-20-9-10-30-22(12-20)6-5-11-35(24-13-25(36-3)16-26(14-24)37-4)23-7-8-27-28(15-23)33-29(18-31-27)21-17-32-34(2)19-21;1-33-17-20(15-31-33)28-16-30-26-9-8-21(13-27(26)32-28)34(22-11-23(35-2)14-24(12-22)36-3)18-25-10-19-6-4-5-7-29(19)37-25;1-17(2)27-8-9-32(19-10-20(34-4)13-21(11-19)35-5)18-6-7-23-24(12-18)30-25(15-28-23)22-14-29-31(3)26(22)16-33;1-6-9-29(20-10-21(31-4)13-22(11-20)32-5)19-7-8-23-24(12-19)28-25(15-26-23)18-14-27-30(16-18)17(2)3;;;/h7-10,12-19H,11H2,1-4H3;4-17H,18H2,1-3H3;6-7,10-15,17,27,33H,8-9,16H2,1-5H3;1,7-8,10-17H,9H2,2-5H3;3*1H4. The number of aromatic nitrogens is 17. The highest BCUT2D eigenvalue weighted by Gasteiger charge is 2.24. The van der Waals surface area contributed by atoms with Gasteiger partial charge in [0.2, 0.25) is 0 Å². The molecule has 32 nitrogen and oxygen atoms in total. The number of nitrogens with one attached hydrogen (secondary N) is 1. The first-order chi connectivity index (χ1) is 68.5. The number of pyridine rings is 1. The predicted molar refractivity (Wildman–Crippen MR) is 572 cm³/mol. The van der Waals surface area contributed by atoms with Crippen LogP contribution in [0.4, 0.5) is 45.5 Å². The number of hydrogen-bond donors (Lipinski definition) is 2. The number of anilines is 8. The van der Waals surface area contributed by atoms with E-state index in [1.807, 2.05) is 237 Å². The number of rotatable bonds is 30. The fourth-order valence-corrected chi connectivity index (χ4v) is 15.8. The SMILES string of the molecule is C.C.C.C#CCN(c1cc(OC)cc(OC)c1)c1ccc2ncc(-c3cnn(C(C)C)c3)nc2c1.COc1cc(OC)cc(N(CC#Cc2cc(C)ccn2)c2ccc3ncc(-c4cnn(C)c4)nc3c2)c1.COc1cc(OC)cc(N(CCNC(C)C)c2ccc3ncc(-c4cnn(C)c4CO)nc3c2)c1.COc1cc(OC)cc(N(Cc2cc3ccccc3o2)c2ccc3ncc(-c4cnn(C)c4)nc3c2)c1. The van der Waals surface area contributed by atoms with Gasteiger partial charge in [-0.05, 0) is 129 Å². The molecule has 0 bridgehead atoms. The maximum Gasteiger partial charge on any atom is 0.134 e. The Kier molecular flexibility index (Phi) is 34.6. The fraction of sp³-hybridized carbons (Fsp3) is 0.241. The molecule has 0 aliphatic rings. The van der Waals surface area contributed by atoms with Gasteiger partial charge in [-0.15, -0.1) is 6.42 Å². The highest BCUT2D eigenvalue weighted by Crippen LogP contribution is 2.41. The third kappa shape index (κ3) is 24.8. The van der Waals surface area contributed by atoms with Crippen molar-refractivity contribution in [2.24, 2.45) is 21.1 Å². The Morgan fingerprint density at radius 2 is 0.812 bits per heavy atom. The number of hydrogen-bond acceptors (Lipinski definition) is 28. The minimum atomic E-state index is -0.125. The molecular formula is C112H120N22O10. The van der Waals surface area contributed by atoms with E-state index in [1.165, 1.54) is 0 Å². The number of furan rings is 1. The zero-order valence-electron chi connectivity index (χ0n) is 81.3. The van der Waals surface area contributed by atoms with E-state index in [4.69, 9.17) is 68.7 Å². The molecule has 2 N–H and O–H groups in total. The second-order valence-electron chi connectivity index (χ2n) is 33.4. The summed E-state index contributed by atoms with van der Waals surface area (Å²) in [6, 6.07) is 61.7. The molecule has 0 unspecified atom stereocenters. The van der Waals surface area contributed by atoms with Crippen molar-refractivity contribution >= 4 is 101 Å². The second kappa shape index (κ2) is 47.9. The van der Waals surface area contributed by atoms with Crippen molar-refractivity contribution < 1.29 is 47.4 Å². The van der Waals surface area contributed by atoms with Gasteiger partial charge >= 0.3 is 0 Å². The molecule has 0 atom stereocenters. The maximum atomic E-state index is 9.77. The van der Waals surface area contributed by atoms with Crippen molar-refractivity contribution in [3.05, 3.63) is 285 Å². The number of para-hydroxylation sites is 1. The van der Waals surface area contributed by atoms with E-state index in [1.54, 1.807) is 128 Å². The van der Waals surface area contributed by atoms with Crippen molar-refractivity contribution in [3.8, 4) is 115 Å². The van der Waals surface area contributed by atoms with Gasteiger partial charge in [0.05, 0.1) is 205 Å². The molecule has 144 heavy (non-hydrogen) atoms. The Morgan fingerprint density at radius 3 is 1.22 bits per heavy atom. The third-order valence-corrected chi connectivity index (χ3v) is 23.2. The molecule has 9 aromatic carbocycles. The first kappa shape index (κ1) is 104. The van der Waals surface area contributed by atoms with E-state index < -0.39 is 0 Å². The van der Waals surface area contributed by atoms with Gasteiger partial charge in [-0.3, -0.25) is 38.7 Å². The van der Waals surface area contributed by atoms with Gasteiger partial charge in [0, 0.05) is 217 Å². The van der Waals surface area contributed by atoms with Gasteiger partial charge < -0.3 is 72.3 Å². The molecule has 738 valence electrons. The second-order valence-corrected chi connectivity index (χ2v) is 33.4. The molecule has 32 heteroatoms. The van der Waals surface area contributed by atoms with Crippen LogP contribution in [0.2, 0.25) is 0 Å². The molecule has 0 radical (unpaired) electrons. The smallest absolute Gasteiger partial charge is 0.134 e. The van der Waals surface area contributed by atoms with Gasteiger partial charge in [0.1, 0.15) is 63.0 Å². The number of aliphatic hydroxyl groups excluding tert-OH is 1. The molecule has 0 aliphatic heterocycles. The first-order valence-electron chi connectivity index (χ1n) is 45.4. The van der Waals surface area contributed by atoms with Crippen LogP contribution in [-0.4, -0.2) is 178 Å². The van der Waals surface area contributed by atoms with Crippen LogP contribution in [0.1, 0.15) is 78.7 Å². The summed E-state index contributed by atoms with van der Waals surface area (Å²) in [5, 5.41) is 31.5. The largest absolute Gasteiger partial charge is 0.497 e. The molecule has 10 heterocycles. The van der Waals surface area contributed by atoms with Crippen molar-refractivity contribution in [1.82, 2.24) is 89.3 Å². The molecule has 10 aromatic heterocycles. The Hall–Kier alpha value is -17.5. The van der Waals surface area contributed by atoms with Crippen molar-refractivity contribution in [2.45, 2.75) is 82.1 Å². The summed E-state index contributed by atoms with van der Waals surface area (Å²) < 4.78 is 57.3. The molecule has 19 rings (SSSR count). The number of fused-ring (bicyclic) bond motifs is 5. The zero-order chi connectivity index (χ0) is 98.7. The fourth-order valence-electron chi connectivity index (χ4n) is 15.8. The lowest BCUT2D eigenvalue weighted by molar-refractivity contribution is 0.271. The van der Waals surface area contributed by atoms with Gasteiger partial charge in [0.15, 0.2) is 0 Å². The van der Waals surface area contributed by atoms with Crippen LogP contribution in [-0.2, 0) is 34.3 Å². The summed E-state index contributed by atoms with van der Waals surface area (Å²) in [4.78, 5) is 50.7. The minimum absolute atomic E-state index is 0. The lowest BCUT2D eigenvalue weighted by Gasteiger charge is -2.27. The van der Waals surface area contributed by atoms with Crippen LogP contribution >= 0.6 is 0 Å². The van der Waals surface area contributed by atoms with E-state index in [9.17, 15) is 5.11 Å². The zero-order valence-corrected chi connectivity index (χ0v) is 81.3. The normalized spacial score (nSPS) is 10.8. The number of terminal acetylenes is 1. The number of benzene rings is 9. The molecule has 19 aromatic rings. The highest BCUT2D eigenvalue weighted by molar-refractivity contribution is 5.88. The Bertz CT molecular complexity index is 7620. The predicted octanol–water partition coefficient (Wildman–Crippen LogP) is 21.5. The average molecular weight is 1930 g/mol. The van der Waals surface area contributed by atoms with E-state index in [2.05, 4.69) is 117 Å². The summed E-state index contributed by atoms with van der Waals surface area (Å²) in [6.07, 6.45) is 27.4. The summed E-state index contributed by atoms with van der Waals surface area (Å²) in [5.74, 6) is 15.6. The average Bonchev–Trinajstić information content (AvgIpc) is 1.24. The van der Waals surface area contributed by atoms with Crippen molar-refractivity contribution in [2.75, 3.05) is 103 Å². The molecule has 0 spiro atoms. The van der Waals surface area contributed by atoms with Crippen LogP contribution in [0.25, 0.3) is 100 Å². The number of methoxy groups -OCH3 is 8. The third-order valence-electron chi connectivity index (χ3n) is 23.2. The highest BCUT2D eigenvalue weighted by atomic mass is 16.5. The molecule has 0 aliphatic carbocycles. The Balaban J connectivity index is 0.000000160. The van der Waals surface area contributed by atoms with Gasteiger partial charge in [-0.25, -0.2) is 24.9 Å². The van der Waals surface area contributed by atoms with E-state index >= 15 is 0 Å². The van der Waals surface area contributed by atoms with E-state index in [-0.39, 0.29) is 34.9 Å². The van der Waals surface area contributed by atoms with Crippen LogP contribution < -0.4 is 62.8 Å². The number of ether oxygens (including phenoxy) is 8. The van der Waals surface area contributed by atoms with Gasteiger partial charge in [-0.1, -0.05) is 66.2 Å². The summed E-state index contributed by atoms with van der Waals surface area (Å²) in [6.45, 7) is 13.1. The van der Waals surface area contributed by atoms with Crippen LogP contribution in [0.5, 0.6) is 46.0 Å². The maximum absolute atomic E-state index is 9.77. The monoisotopic (exact) mass is 1930 g/mol. The van der Waals surface area contributed by atoms with Crippen molar-refractivity contribution in [3.63, 3.8) is 0 Å². The molecule has 0 amide bonds. The number of nitrogens with zero attached hydrogens (tertiary/aromatic N) is 21. The van der Waals surface area contributed by atoms with Crippen LogP contribution in [0, 0.1) is 31.1 Å². The molecule has 0 saturated carbocycles. The Labute approximate surface area is 838 Å². The topological polar surface area (TPSA) is 319 Å². The number of aryl methyl sites for hydroxylation is 4. The summed E-state index contributed by atoms with van der Waals surface area (Å²) >= 11 is 0. The first-order valence-corrected chi connectivity index (χ1v) is 45.4. The number of aliphatic hydroxyl groups is 1. The van der Waals surface area contributed by atoms with Gasteiger partial charge in [0.25, 0.3) is 0 Å². The molecule has 0 saturated heterocycles. The summed E-state index contributed by atoms with van der Waals surface area (Å²) in [7, 11) is 18.7. The van der Waals surface area contributed by atoms with Crippen LogP contribution in [0.15, 0.2) is 267 Å². The summed E-state index contributed by atoms with van der Waals surface area (Å²) in [5.41, 5.74) is 23.5. The van der Waals surface area contributed by atoms with Crippen LogP contribution in [0.3, 0.4) is 0 Å². The quantitative estimate of drug-likeness (QED) is 0.0395.